The summed E-state index contributed by atoms with van der Waals surface area (Å²) in [6, 6.07) is 7.02. The lowest BCUT2D eigenvalue weighted by Gasteiger charge is -2.02. The van der Waals surface area contributed by atoms with Gasteiger partial charge in [-0.25, -0.2) is 4.98 Å². The topological polar surface area (TPSA) is 64.9 Å². The summed E-state index contributed by atoms with van der Waals surface area (Å²) in [4.78, 5) is 8.61. The maximum Gasteiger partial charge on any atom is 0.228 e. The van der Waals surface area contributed by atoms with Crippen molar-refractivity contribution in [1.29, 1.82) is 0 Å². The first-order chi connectivity index (χ1) is 9.04. The zero-order valence-electron chi connectivity index (χ0n) is 9.95. The molecule has 96 valence electrons. The van der Waals surface area contributed by atoms with E-state index in [9.17, 15) is 0 Å². The van der Waals surface area contributed by atoms with Crippen molar-refractivity contribution in [3.05, 3.63) is 40.0 Å². The van der Waals surface area contributed by atoms with E-state index in [1.165, 1.54) is 0 Å². The van der Waals surface area contributed by atoms with E-state index in [4.69, 9.17) is 33.4 Å². The van der Waals surface area contributed by atoms with E-state index < -0.39 is 0 Å². The first-order valence-corrected chi connectivity index (χ1v) is 6.29. The number of fused-ring (bicyclic) bond motifs is 1. The summed E-state index contributed by atoms with van der Waals surface area (Å²) in [6.45, 7) is 1.89. The molecule has 3 rings (SSSR count). The van der Waals surface area contributed by atoms with Gasteiger partial charge in [-0.05, 0) is 31.2 Å². The van der Waals surface area contributed by atoms with Crippen LogP contribution in [0.4, 0.5) is 5.69 Å². The van der Waals surface area contributed by atoms with Crippen molar-refractivity contribution in [3.63, 3.8) is 0 Å². The second-order valence-corrected chi connectivity index (χ2v) is 4.96. The summed E-state index contributed by atoms with van der Waals surface area (Å²) >= 11 is 12.0. The van der Waals surface area contributed by atoms with Crippen LogP contribution in [0.3, 0.4) is 0 Å². The van der Waals surface area contributed by atoms with E-state index in [-0.39, 0.29) is 0 Å². The second kappa shape index (κ2) is 4.40. The monoisotopic (exact) mass is 293 g/mol. The molecule has 0 radical (unpaired) electrons. The minimum atomic E-state index is 0.345. The normalized spacial score (nSPS) is 11.1. The molecular formula is C13H9Cl2N3O. The summed E-state index contributed by atoms with van der Waals surface area (Å²) in [5.41, 5.74) is 8.75. The molecule has 1 aromatic carbocycles. The Morgan fingerprint density at radius 3 is 2.47 bits per heavy atom. The summed E-state index contributed by atoms with van der Waals surface area (Å²) in [7, 11) is 0. The van der Waals surface area contributed by atoms with Gasteiger partial charge in [-0.15, -0.1) is 0 Å². The average molecular weight is 294 g/mol. The third kappa shape index (κ3) is 2.13. The molecule has 0 amide bonds. The predicted octanol–water partition coefficient (Wildman–Crippen LogP) is 4.09. The maximum absolute atomic E-state index is 6.00. The van der Waals surface area contributed by atoms with Gasteiger partial charge in [0.2, 0.25) is 5.89 Å². The molecule has 0 spiro atoms. The number of nitrogens with zero attached hydrogens (tertiary/aromatic N) is 2. The highest BCUT2D eigenvalue weighted by molar-refractivity contribution is 6.39. The number of benzene rings is 1. The Morgan fingerprint density at radius 2 is 1.79 bits per heavy atom. The number of aryl methyl sites for hydroxylation is 1. The van der Waals surface area contributed by atoms with Crippen molar-refractivity contribution in [1.82, 2.24) is 9.97 Å². The molecule has 4 nitrogen and oxygen atoms in total. The fraction of sp³-hybridized carbons (Fsp3) is 0.0769. The van der Waals surface area contributed by atoms with E-state index >= 15 is 0 Å². The number of rotatable bonds is 1. The number of nitrogen functional groups attached to an aromatic ring is 1. The molecule has 0 unspecified atom stereocenters. The van der Waals surface area contributed by atoms with Crippen LogP contribution in [0.5, 0.6) is 0 Å². The standard InChI is InChI=1S/C13H9Cl2N3O/c1-6-2-3-10-12(17-6)18-13(19-10)7-4-8(14)11(16)9(15)5-7/h2-5H,16H2,1H3. The van der Waals surface area contributed by atoms with Gasteiger partial charge in [0.15, 0.2) is 11.2 Å². The zero-order valence-corrected chi connectivity index (χ0v) is 11.5. The largest absolute Gasteiger partial charge is 0.434 e. The SMILES string of the molecule is Cc1ccc2oc(-c3cc(Cl)c(N)c(Cl)c3)nc2n1. The Hall–Kier alpha value is -1.78. The molecule has 6 heteroatoms. The molecule has 2 N–H and O–H groups in total. The number of pyridine rings is 1. The third-order valence-electron chi connectivity index (χ3n) is 2.72. The van der Waals surface area contributed by atoms with Gasteiger partial charge in [-0.3, -0.25) is 0 Å². The number of oxazole rings is 1. The minimum absolute atomic E-state index is 0.345. The number of nitrogens with two attached hydrogens (primary N) is 1. The van der Waals surface area contributed by atoms with Gasteiger partial charge >= 0.3 is 0 Å². The van der Waals surface area contributed by atoms with Gasteiger partial charge in [-0.2, -0.15) is 4.98 Å². The van der Waals surface area contributed by atoms with Gasteiger partial charge in [0.1, 0.15) is 0 Å². The van der Waals surface area contributed by atoms with Gasteiger partial charge in [0, 0.05) is 11.3 Å². The number of hydrogen-bond acceptors (Lipinski definition) is 4. The average Bonchev–Trinajstić information content (AvgIpc) is 2.78. The number of halogens is 2. The Bertz CT molecular complexity index is 760. The Kier molecular flexibility index (Phi) is 2.84. The molecule has 19 heavy (non-hydrogen) atoms. The summed E-state index contributed by atoms with van der Waals surface area (Å²) in [6.07, 6.45) is 0. The maximum atomic E-state index is 6.00. The van der Waals surface area contributed by atoms with Gasteiger partial charge in [-0.1, -0.05) is 23.2 Å². The molecule has 2 heterocycles. The van der Waals surface area contributed by atoms with Crippen LogP contribution in [-0.4, -0.2) is 9.97 Å². The van der Waals surface area contributed by atoms with E-state index in [1.54, 1.807) is 12.1 Å². The lowest BCUT2D eigenvalue weighted by molar-refractivity contribution is 0.619. The minimum Gasteiger partial charge on any atom is -0.434 e. The molecule has 0 bridgehead atoms. The Labute approximate surface area is 119 Å². The van der Waals surface area contributed by atoms with Crippen LogP contribution >= 0.6 is 23.2 Å². The first-order valence-electron chi connectivity index (χ1n) is 5.53. The fourth-order valence-corrected chi connectivity index (χ4v) is 2.23. The molecule has 0 saturated carbocycles. The summed E-state index contributed by atoms with van der Waals surface area (Å²) < 4.78 is 5.63. The van der Waals surface area contributed by atoms with Gasteiger partial charge < -0.3 is 10.2 Å². The van der Waals surface area contributed by atoms with Crippen LogP contribution in [0, 0.1) is 6.92 Å². The predicted molar refractivity (Wildman–Crippen MR) is 76.4 cm³/mol. The quantitative estimate of drug-likeness (QED) is 0.686. The highest BCUT2D eigenvalue weighted by Gasteiger charge is 2.12. The van der Waals surface area contributed by atoms with E-state index in [0.29, 0.717) is 38.4 Å². The second-order valence-electron chi connectivity index (χ2n) is 4.15. The zero-order chi connectivity index (χ0) is 13.6. The molecule has 0 aliphatic carbocycles. The molecule has 0 saturated heterocycles. The van der Waals surface area contributed by atoms with E-state index in [0.717, 1.165) is 5.69 Å². The van der Waals surface area contributed by atoms with E-state index in [2.05, 4.69) is 9.97 Å². The van der Waals surface area contributed by atoms with Crippen LogP contribution in [0.1, 0.15) is 5.69 Å². The van der Waals surface area contributed by atoms with Gasteiger partial charge in [0.05, 0.1) is 15.7 Å². The molecule has 0 atom stereocenters. The number of hydrogen-bond donors (Lipinski definition) is 1. The van der Waals surface area contributed by atoms with Crippen LogP contribution in [0.2, 0.25) is 10.0 Å². The molecule has 0 aliphatic heterocycles. The van der Waals surface area contributed by atoms with Crippen LogP contribution in [0.15, 0.2) is 28.7 Å². The van der Waals surface area contributed by atoms with E-state index in [1.807, 2.05) is 19.1 Å². The number of anilines is 1. The molecule has 0 aliphatic rings. The molecule has 2 aromatic heterocycles. The summed E-state index contributed by atoms with van der Waals surface area (Å²) in [5, 5.41) is 0.739. The van der Waals surface area contributed by atoms with Crippen molar-refractivity contribution in [2.75, 3.05) is 5.73 Å². The molecular weight excluding hydrogens is 285 g/mol. The Balaban J connectivity index is 2.19. The van der Waals surface area contributed by atoms with Crippen molar-refractivity contribution < 1.29 is 4.42 Å². The van der Waals surface area contributed by atoms with Crippen LogP contribution in [-0.2, 0) is 0 Å². The van der Waals surface area contributed by atoms with Crippen molar-refractivity contribution in [2.24, 2.45) is 0 Å². The van der Waals surface area contributed by atoms with Gasteiger partial charge in [0.25, 0.3) is 0 Å². The van der Waals surface area contributed by atoms with Crippen molar-refractivity contribution >= 4 is 40.1 Å². The third-order valence-corrected chi connectivity index (χ3v) is 3.34. The highest BCUT2D eigenvalue weighted by Crippen LogP contribution is 2.34. The fourth-order valence-electron chi connectivity index (χ4n) is 1.74. The summed E-state index contributed by atoms with van der Waals surface area (Å²) in [5.74, 6) is 0.414. The highest BCUT2D eigenvalue weighted by atomic mass is 35.5. The Morgan fingerprint density at radius 1 is 1.11 bits per heavy atom. The number of aromatic nitrogens is 2. The van der Waals surface area contributed by atoms with Crippen LogP contribution < -0.4 is 5.73 Å². The lowest BCUT2D eigenvalue weighted by atomic mass is 10.2. The molecule has 0 fully saturated rings. The van der Waals surface area contributed by atoms with Crippen molar-refractivity contribution in [2.45, 2.75) is 6.92 Å². The lowest BCUT2D eigenvalue weighted by Crippen LogP contribution is -1.89. The smallest absolute Gasteiger partial charge is 0.228 e. The van der Waals surface area contributed by atoms with Crippen LogP contribution in [0.25, 0.3) is 22.7 Å². The first kappa shape index (κ1) is 12.3. The molecule has 3 aromatic rings. The van der Waals surface area contributed by atoms with Crippen molar-refractivity contribution in [3.8, 4) is 11.5 Å².